The van der Waals surface area contributed by atoms with E-state index in [4.69, 9.17) is 23.2 Å². The monoisotopic (exact) mass is 316 g/mol. The van der Waals surface area contributed by atoms with Crippen LogP contribution in [0.4, 0.5) is 8.78 Å². The summed E-state index contributed by atoms with van der Waals surface area (Å²) in [5, 5.41) is -0.575. The van der Waals surface area contributed by atoms with E-state index in [0.717, 1.165) is 10.5 Å². The van der Waals surface area contributed by atoms with Crippen LogP contribution in [0, 0.1) is 11.6 Å². The van der Waals surface area contributed by atoms with E-state index < -0.39 is 11.6 Å². The van der Waals surface area contributed by atoms with Crippen molar-refractivity contribution in [3.8, 4) is 0 Å². The first-order chi connectivity index (χ1) is 9.08. The fourth-order valence-electron chi connectivity index (χ4n) is 2.13. The van der Waals surface area contributed by atoms with Crippen LogP contribution in [0.15, 0.2) is 40.1 Å². The number of hydrogen-bond donors (Lipinski definition) is 0. The second-order valence-electron chi connectivity index (χ2n) is 4.27. The zero-order chi connectivity index (χ0) is 13.6. The van der Waals surface area contributed by atoms with E-state index in [0.29, 0.717) is 10.5 Å². The largest absolute Gasteiger partial charge is 0.203 e. The molecule has 1 atom stereocenters. The topological polar surface area (TPSA) is 0 Å². The van der Waals surface area contributed by atoms with Crippen LogP contribution in [0.5, 0.6) is 0 Å². The molecule has 0 fully saturated rings. The van der Waals surface area contributed by atoms with E-state index in [-0.39, 0.29) is 16.8 Å². The van der Waals surface area contributed by atoms with Crippen molar-refractivity contribution in [2.75, 3.05) is 0 Å². The van der Waals surface area contributed by atoms with Gasteiger partial charge in [-0.15, -0.1) is 11.6 Å². The zero-order valence-corrected chi connectivity index (χ0v) is 11.9. The van der Waals surface area contributed by atoms with Crippen molar-refractivity contribution in [3.63, 3.8) is 0 Å². The van der Waals surface area contributed by atoms with Gasteiger partial charge in [0.1, 0.15) is 0 Å². The molecule has 0 spiro atoms. The minimum atomic E-state index is -1.00. The molecule has 5 heteroatoms. The zero-order valence-electron chi connectivity index (χ0n) is 9.59. The average Bonchev–Trinajstić information content (AvgIpc) is 2.54. The standard InChI is InChI=1S/C14H8Cl2F2S/c15-9-5-8-12(6-10(16)14(18)13(8)17)19-11-4-2-1-3-7(9)11/h1-4,6,9H,5H2. The molecule has 1 aliphatic rings. The highest BCUT2D eigenvalue weighted by Crippen LogP contribution is 2.45. The lowest BCUT2D eigenvalue weighted by Crippen LogP contribution is -2.01. The molecule has 0 saturated heterocycles. The Kier molecular flexibility index (Phi) is 3.46. The molecule has 0 bridgehead atoms. The van der Waals surface area contributed by atoms with Gasteiger partial charge in [-0.3, -0.25) is 0 Å². The van der Waals surface area contributed by atoms with Crippen LogP contribution >= 0.6 is 35.0 Å². The summed E-state index contributed by atoms with van der Waals surface area (Å²) < 4.78 is 27.5. The van der Waals surface area contributed by atoms with Gasteiger partial charge in [0.05, 0.1) is 10.4 Å². The minimum Gasteiger partial charge on any atom is -0.203 e. The van der Waals surface area contributed by atoms with Gasteiger partial charge in [0.25, 0.3) is 0 Å². The molecule has 1 heterocycles. The summed E-state index contributed by atoms with van der Waals surface area (Å²) in [5.41, 5.74) is 1.23. The molecule has 0 amide bonds. The molecule has 1 aliphatic heterocycles. The minimum absolute atomic E-state index is 0.200. The Hall–Kier alpha value is -0.770. The summed E-state index contributed by atoms with van der Waals surface area (Å²) in [6.45, 7) is 0. The number of hydrogen-bond acceptors (Lipinski definition) is 1. The molecule has 0 radical (unpaired) electrons. The molecular weight excluding hydrogens is 309 g/mol. The van der Waals surface area contributed by atoms with Crippen molar-refractivity contribution in [2.45, 2.75) is 21.6 Å². The number of fused-ring (bicyclic) bond motifs is 2. The molecule has 0 N–H and O–H groups in total. The van der Waals surface area contributed by atoms with Crippen LogP contribution in [0.3, 0.4) is 0 Å². The van der Waals surface area contributed by atoms with Crippen LogP contribution < -0.4 is 0 Å². The van der Waals surface area contributed by atoms with Gasteiger partial charge in [0.2, 0.25) is 0 Å². The van der Waals surface area contributed by atoms with Crippen molar-refractivity contribution < 1.29 is 8.78 Å². The lowest BCUT2D eigenvalue weighted by Gasteiger charge is -2.10. The van der Waals surface area contributed by atoms with Crippen molar-refractivity contribution in [3.05, 3.63) is 58.1 Å². The Labute approximate surface area is 123 Å². The number of alkyl halides is 1. The van der Waals surface area contributed by atoms with Crippen LogP contribution in [-0.2, 0) is 6.42 Å². The number of benzene rings is 2. The summed E-state index contributed by atoms with van der Waals surface area (Å²) in [6.07, 6.45) is 0.251. The van der Waals surface area contributed by atoms with Gasteiger partial charge in [-0.25, -0.2) is 8.78 Å². The predicted octanol–water partition coefficient (Wildman–Crippen LogP) is 5.61. The SMILES string of the molecule is Fc1c(Cl)cc2c(c1F)CC(Cl)c1ccccc1S2. The summed E-state index contributed by atoms with van der Waals surface area (Å²) in [5.74, 6) is -1.90. The third-order valence-corrected chi connectivity index (χ3v) is 4.92. The Morgan fingerprint density at radius 3 is 2.63 bits per heavy atom. The van der Waals surface area contributed by atoms with Gasteiger partial charge in [0.15, 0.2) is 11.6 Å². The van der Waals surface area contributed by atoms with Gasteiger partial charge < -0.3 is 0 Å². The van der Waals surface area contributed by atoms with Gasteiger partial charge in [-0.05, 0) is 24.1 Å². The molecular formula is C14H8Cl2F2S. The molecule has 2 aromatic rings. The fourth-order valence-corrected chi connectivity index (χ4v) is 3.98. The maximum atomic E-state index is 14.0. The normalized spacial score (nSPS) is 17.6. The maximum Gasteiger partial charge on any atom is 0.177 e. The maximum absolute atomic E-state index is 14.0. The molecule has 0 nitrogen and oxygen atoms in total. The second kappa shape index (κ2) is 4.97. The molecule has 2 aromatic carbocycles. The molecule has 0 saturated carbocycles. The summed E-state index contributed by atoms with van der Waals surface area (Å²) in [6, 6.07) is 9.06. The summed E-state index contributed by atoms with van der Waals surface area (Å²) in [4.78, 5) is 1.57. The molecule has 3 rings (SSSR count). The lowest BCUT2D eigenvalue weighted by molar-refractivity contribution is 0.494. The van der Waals surface area contributed by atoms with Crippen molar-refractivity contribution >= 4 is 35.0 Å². The van der Waals surface area contributed by atoms with Gasteiger partial charge in [0, 0.05) is 15.4 Å². The second-order valence-corrected chi connectivity index (χ2v) is 6.29. The molecule has 0 aromatic heterocycles. The molecule has 98 valence electrons. The Morgan fingerprint density at radius 2 is 1.84 bits per heavy atom. The lowest BCUT2D eigenvalue weighted by atomic mass is 10.0. The van der Waals surface area contributed by atoms with E-state index in [1.807, 2.05) is 24.3 Å². The first-order valence-electron chi connectivity index (χ1n) is 5.65. The van der Waals surface area contributed by atoms with E-state index in [1.165, 1.54) is 17.8 Å². The first kappa shape index (κ1) is 13.2. The third-order valence-electron chi connectivity index (χ3n) is 3.08. The molecule has 19 heavy (non-hydrogen) atoms. The Bertz CT molecular complexity index is 658. The van der Waals surface area contributed by atoms with Gasteiger partial charge in [-0.1, -0.05) is 41.6 Å². The summed E-state index contributed by atoms with van der Waals surface area (Å²) in [7, 11) is 0. The van der Waals surface area contributed by atoms with E-state index in [2.05, 4.69) is 0 Å². The van der Waals surface area contributed by atoms with Crippen molar-refractivity contribution in [2.24, 2.45) is 0 Å². The fraction of sp³-hybridized carbons (Fsp3) is 0.143. The van der Waals surface area contributed by atoms with Gasteiger partial charge >= 0.3 is 0 Å². The average molecular weight is 317 g/mol. The first-order valence-corrected chi connectivity index (χ1v) is 7.28. The van der Waals surface area contributed by atoms with Crippen LogP contribution in [0.25, 0.3) is 0 Å². The predicted molar refractivity (Wildman–Crippen MR) is 74.2 cm³/mol. The highest BCUT2D eigenvalue weighted by atomic mass is 35.5. The summed E-state index contributed by atoms with van der Waals surface area (Å²) >= 11 is 13.4. The quantitative estimate of drug-likeness (QED) is 0.450. The van der Waals surface area contributed by atoms with E-state index in [9.17, 15) is 8.78 Å². The number of rotatable bonds is 0. The van der Waals surface area contributed by atoms with Crippen LogP contribution in [0.1, 0.15) is 16.5 Å². The van der Waals surface area contributed by atoms with E-state index >= 15 is 0 Å². The van der Waals surface area contributed by atoms with Crippen LogP contribution in [-0.4, -0.2) is 0 Å². The van der Waals surface area contributed by atoms with Gasteiger partial charge in [-0.2, -0.15) is 0 Å². The highest BCUT2D eigenvalue weighted by Gasteiger charge is 2.26. The smallest absolute Gasteiger partial charge is 0.177 e. The Balaban J connectivity index is 2.21. The molecule has 0 aliphatic carbocycles. The Morgan fingerprint density at radius 1 is 1.11 bits per heavy atom. The van der Waals surface area contributed by atoms with Crippen LogP contribution in [0.2, 0.25) is 5.02 Å². The van der Waals surface area contributed by atoms with Crippen molar-refractivity contribution in [1.29, 1.82) is 0 Å². The molecule has 1 unspecified atom stereocenters. The number of halogens is 4. The highest BCUT2D eigenvalue weighted by molar-refractivity contribution is 7.99. The third kappa shape index (κ3) is 2.24. The van der Waals surface area contributed by atoms with Crippen molar-refractivity contribution in [1.82, 2.24) is 0 Å². The van der Waals surface area contributed by atoms with E-state index in [1.54, 1.807) is 0 Å².